The van der Waals surface area contributed by atoms with Gasteiger partial charge in [-0.15, -0.1) is 11.3 Å². The number of anilines is 1. The zero-order valence-corrected chi connectivity index (χ0v) is 13.0. The lowest BCUT2D eigenvalue weighted by Gasteiger charge is -2.21. The van der Waals surface area contributed by atoms with Crippen LogP contribution in [0.2, 0.25) is 4.34 Å². The molecule has 0 radical (unpaired) electrons. The van der Waals surface area contributed by atoms with Gasteiger partial charge >= 0.3 is 0 Å². The number of halogens is 3. The van der Waals surface area contributed by atoms with Crippen molar-refractivity contribution in [3.05, 3.63) is 51.2 Å². The monoisotopic (exact) mass is 329 g/mol. The summed E-state index contributed by atoms with van der Waals surface area (Å²) in [6, 6.07) is 7.15. The van der Waals surface area contributed by atoms with E-state index < -0.39 is 11.6 Å². The zero-order valence-electron chi connectivity index (χ0n) is 11.4. The molecule has 1 heterocycles. The Balaban J connectivity index is 2.05. The van der Waals surface area contributed by atoms with E-state index in [2.05, 4.69) is 0 Å². The summed E-state index contributed by atoms with van der Waals surface area (Å²) in [6.45, 7) is 2.19. The Bertz CT molecular complexity index is 644. The average Bonchev–Trinajstić information content (AvgIpc) is 2.87. The van der Waals surface area contributed by atoms with Crippen molar-refractivity contribution < 1.29 is 13.6 Å². The van der Waals surface area contributed by atoms with Gasteiger partial charge in [0, 0.05) is 29.6 Å². The highest BCUT2D eigenvalue weighted by molar-refractivity contribution is 7.16. The molecule has 0 unspecified atom stereocenters. The van der Waals surface area contributed by atoms with Gasteiger partial charge in [0.25, 0.3) is 0 Å². The van der Waals surface area contributed by atoms with Crippen molar-refractivity contribution in [3.8, 4) is 0 Å². The van der Waals surface area contributed by atoms with Gasteiger partial charge in [-0.25, -0.2) is 8.78 Å². The number of hydrogen-bond acceptors (Lipinski definition) is 2. The summed E-state index contributed by atoms with van der Waals surface area (Å²) < 4.78 is 26.9. The second-order valence-electron chi connectivity index (χ2n) is 4.44. The molecule has 0 bridgehead atoms. The highest BCUT2D eigenvalue weighted by Crippen LogP contribution is 2.24. The lowest BCUT2D eigenvalue weighted by molar-refractivity contribution is -0.118. The Morgan fingerprint density at radius 1 is 1.24 bits per heavy atom. The van der Waals surface area contributed by atoms with Crippen LogP contribution in [0.3, 0.4) is 0 Å². The van der Waals surface area contributed by atoms with Crippen LogP contribution in [0.5, 0.6) is 0 Å². The molecule has 0 aliphatic carbocycles. The number of nitrogens with zero attached hydrogens (tertiary/aromatic N) is 1. The first-order valence-corrected chi connectivity index (χ1v) is 7.70. The van der Waals surface area contributed by atoms with E-state index >= 15 is 0 Å². The highest BCUT2D eigenvalue weighted by Gasteiger charge is 2.16. The molecule has 0 saturated heterocycles. The van der Waals surface area contributed by atoms with Crippen molar-refractivity contribution in [1.29, 1.82) is 0 Å². The van der Waals surface area contributed by atoms with Gasteiger partial charge < -0.3 is 4.90 Å². The van der Waals surface area contributed by atoms with Gasteiger partial charge in [0.1, 0.15) is 0 Å². The van der Waals surface area contributed by atoms with Crippen LogP contribution in [0.15, 0.2) is 30.3 Å². The van der Waals surface area contributed by atoms with E-state index in [0.717, 1.165) is 17.0 Å². The molecular weight excluding hydrogens is 316 g/mol. The summed E-state index contributed by atoms with van der Waals surface area (Å²) in [6.07, 6.45) is 0.875. The fraction of sp³-hybridized carbons (Fsp3) is 0.267. The fourth-order valence-electron chi connectivity index (χ4n) is 2.01. The maximum atomic E-state index is 13.3. The molecule has 0 aliphatic heterocycles. The molecule has 6 heteroatoms. The molecule has 2 rings (SSSR count). The molecule has 0 fully saturated rings. The number of rotatable bonds is 5. The van der Waals surface area contributed by atoms with Gasteiger partial charge in [0.05, 0.1) is 4.34 Å². The lowest BCUT2D eigenvalue weighted by atomic mass is 10.2. The summed E-state index contributed by atoms with van der Waals surface area (Å²) in [4.78, 5) is 14.7. The quantitative estimate of drug-likeness (QED) is 0.781. The summed E-state index contributed by atoms with van der Waals surface area (Å²) >= 11 is 7.27. The summed E-state index contributed by atoms with van der Waals surface area (Å²) in [7, 11) is 0. The van der Waals surface area contributed by atoms with E-state index in [-0.39, 0.29) is 5.91 Å². The predicted octanol–water partition coefficient (Wildman–Crippen LogP) is 4.67. The van der Waals surface area contributed by atoms with Crippen LogP contribution < -0.4 is 4.90 Å². The van der Waals surface area contributed by atoms with Crippen LogP contribution in [-0.2, 0) is 11.2 Å². The second-order valence-corrected chi connectivity index (χ2v) is 6.24. The van der Waals surface area contributed by atoms with Crippen LogP contribution >= 0.6 is 22.9 Å². The third-order valence-corrected chi connectivity index (χ3v) is 4.34. The number of thiophene rings is 1. The SMILES string of the molecule is CCN(C(=O)CCc1ccc(Cl)s1)c1ccc(F)c(F)c1. The minimum atomic E-state index is -0.955. The fourth-order valence-corrected chi connectivity index (χ4v) is 3.09. The van der Waals surface area contributed by atoms with Crippen LogP contribution in [0.1, 0.15) is 18.2 Å². The van der Waals surface area contributed by atoms with Gasteiger partial charge in [-0.05, 0) is 37.6 Å². The van der Waals surface area contributed by atoms with E-state index in [0.29, 0.717) is 29.4 Å². The Kier molecular flexibility index (Phi) is 5.31. The van der Waals surface area contributed by atoms with Crippen molar-refractivity contribution in [3.63, 3.8) is 0 Å². The summed E-state index contributed by atoms with van der Waals surface area (Å²) in [5.41, 5.74) is 0.366. The second kappa shape index (κ2) is 7.00. The molecule has 0 spiro atoms. The van der Waals surface area contributed by atoms with Crippen LogP contribution in [0.4, 0.5) is 14.5 Å². The molecule has 0 aliphatic rings. The maximum absolute atomic E-state index is 13.3. The van der Waals surface area contributed by atoms with E-state index in [1.165, 1.54) is 22.3 Å². The molecule has 0 atom stereocenters. The zero-order chi connectivity index (χ0) is 15.4. The smallest absolute Gasteiger partial charge is 0.227 e. The lowest BCUT2D eigenvalue weighted by Crippen LogP contribution is -2.30. The van der Waals surface area contributed by atoms with E-state index in [4.69, 9.17) is 11.6 Å². The molecule has 1 aromatic carbocycles. The Morgan fingerprint density at radius 2 is 2.00 bits per heavy atom. The standard InChI is InChI=1S/C15H14ClF2NOS/c1-2-19(10-3-6-12(17)13(18)9-10)15(20)8-5-11-4-7-14(16)21-11/h3-4,6-7,9H,2,5,8H2,1H3. The summed E-state index contributed by atoms with van der Waals surface area (Å²) in [5.74, 6) is -2.01. The topological polar surface area (TPSA) is 20.3 Å². The highest BCUT2D eigenvalue weighted by atomic mass is 35.5. The number of hydrogen-bond donors (Lipinski definition) is 0. The molecule has 0 saturated carbocycles. The number of amides is 1. The van der Waals surface area contributed by atoms with Gasteiger partial charge in [0.2, 0.25) is 5.91 Å². The minimum absolute atomic E-state index is 0.131. The van der Waals surface area contributed by atoms with Gasteiger partial charge in [-0.3, -0.25) is 4.79 Å². The average molecular weight is 330 g/mol. The van der Waals surface area contributed by atoms with E-state index in [1.807, 2.05) is 6.07 Å². The molecule has 0 N–H and O–H groups in total. The number of carbonyl (C=O) groups is 1. The minimum Gasteiger partial charge on any atom is -0.313 e. The molecule has 21 heavy (non-hydrogen) atoms. The molecule has 112 valence electrons. The third-order valence-electron chi connectivity index (χ3n) is 3.05. The third kappa shape index (κ3) is 4.02. The molecular formula is C15H14ClF2NOS. The normalized spacial score (nSPS) is 10.7. The Morgan fingerprint density at radius 3 is 2.57 bits per heavy atom. The largest absolute Gasteiger partial charge is 0.313 e. The maximum Gasteiger partial charge on any atom is 0.227 e. The molecule has 2 nitrogen and oxygen atoms in total. The van der Waals surface area contributed by atoms with E-state index in [9.17, 15) is 13.6 Å². The Labute approximate surface area is 131 Å². The van der Waals surface area contributed by atoms with Crippen molar-refractivity contribution >= 4 is 34.5 Å². The first-order valence-electron chi connectivity index (χ1n) is 6.51. The number of benzene rings is 1. The Hall–Kier alpha value is -1.46. The molecule has 1 aromatic heterocycles. The number of aryl methyl sites for hydroxylation is 1. The predicted molar refractivity (Wildman–Crippen MR) is 82.0 cm³/mol. The first-order chi connectivity index (χ1) is 10.0. The number of carbonyl (C=O) groups excluding carboxylic acids is 1. The van der Waals surface area contributed by atoms with Gasteiger partial charge in [0.15, 0.2) is 11.6 Å². The van der Waals surface area contributed by atoms with Crippen LogP contribution in [-0.4, -0.2) is 12.5 Å². The van der Waals surface area contributed by atoms with Crippen molar-refractivity contribution in [2.45, 2.75) is 19.8 Å². The van der Waals surface area contributed by atoms with Crippen molar-refractivity contribution in [1.82, 2.24) is 0 Å². The van der Waals surface area contributed by atoms with Gasteiger partial charge in [-0.1, -0.05) is 11.6 Å². The molecule has 1 amide bonds. The van der Waals surface area contributed by atoms with Crippen LogP contribution in [0, 0.1) is 11.6 Å². The van der Waals surface area contributed by atoms with Crippen LogP contribution in [0.25, 0.3) is 0 Å². The van der Waals surface area contributed by atoms with E-state index in [1.54, 1.807) is 13.0 Å². The van der Waals surface area contributed by atoms with Gasteiger partial charge in [-0.2, -0.15) is 0 Å². The molecule has 2 aromatic rings. The summed E-state index contributed by atoms with van der Waals surface area (Å²) in [5, 5.41) is 0. The van der Waals surface area contributed by atoms with Crippen molar-refractivity contribution in [2.24, 2.45) is 0 Å². The van der Waals surface area contributed by atoms with Crippen molar-refractivity contribution in [2.75, 3.05) is 11.4 Å². The first kappa shape index (κ1) is 15.9.